The average molecular weight is 371 g/mol. The van der Waals surface area contributed by atoms with E-state index < -0.39 is 5.77 Å². The van der Waals surface area contributed by atoms with Crippen LogP contribution in [0.2, 0.25) is 5.28 Å². The Labute approximate surface area is 138 Å². The van der Waals surface area contributed by atoms with Gasteiger partial charge in [-0.25, -0.2) is 4.98 Å². The smallest absolute Gasteiger partial charge is 0.313 e. The van der Waals surface area contributed by atoms with E-state index in [1.54, 1.807) is 6.07 Å². The predicted molar refractivity (Wildman–Crippen MR) is 91.5 cm³/mol. The highest BCUT2D eigenvalue weighted by atomic mass is 35.5. The van der Waals surface area contributed by atoms with E-state index in [0.29, 0.717) is 30.5 Å². The van der Waals surface area contributed by atoms with Crippen LogP contribution in [0.15, 0.2) is 6.07 Å². The van der Waals surface area contributed by atoms with E-state index in [9.17, 15) is 4.57 Å². The van der Waals surface area contributed by atoms with E-state index in [1.165, 1.54) is 22.8 Å². The Morgan fingerprint density at radius 1 is 1.24 bits per heavy atom. The number of rotatable bonds is 10. The predicted octanol–water partition coefficient (Wildman–Crippen LogP) is 5.05. The van der Waals surface area contributed by atoms with E-state index >= 15 is 0 Å². The molecule has 0 radical (unpaired) electrons. The van der Waals surface area contributed by atoms with Crippen molar-refractivity contribution in [2.75, 3.05) is 19.0 Å². The van der Waals surface area contributed by atoms with Gasteiger partial charge < -0.3 is 9.26 Å². The summed E-state index contributed by atoms with van der Waals surface area (Å²) in [5.74, 6) is -1.08. The quantitative estimate of drug-likeness (QED) is 0.421. The second-order valence-electron chi connectivity index (χ2n) is 3.87. The van der Waals surface area contributed by atoms with Crippen LogP contribution in [0.1, 0.15) is 32.9 Å². The Hall–Kier alpha value is 0.0600. The van der Waals surface area contributed by atoms with Gasteiger partial charge in [-0.05, 0) is 31.9 Å². The molecule has 1 aromatic heterocycles. The zero-order chi connectivity index (χ0) is 15.7. The third kappa shape index (κ3) is 7.24. The molecule has 5 nitrogen and oxygen atoms in total. The van der Waals surface area contributed by atoms with Gasteiger partial charge in [-0.3, -0.25) is 4.57 Å². The molecule has 9 heteroatoms. The Bertz CT molecular complexity index is 494. The molecule has 0 aliphatic rings. The van der Waals surface area contributed by atoms with Crippen LogP contribution in [-0.2, 0) is 14.8 Å². The zero-order valence-electron chi connectivity index (χ0n) is 12.4. The molecule has 0 amide bonds. The van der Waals surface area contributed by atoms with E-state index in [2.05, 4.69) is 9.97 Å². The molecule has 0 saturated heterocycles. The Morgan fingerprint density at radius 2 is 2.00 bits per heavy atom. The maximum atomic E-state index is 12.6. The standard InChI is InChI=1S/C12H20ClN2O3PS2/c1-4-7-20-19(16,18-6-3)21-9-10-8-11(17-5-2)15-12(13)14-10/h8H,4-7,9H2,1-3H3. The molecule has 0 fully saturated rings. The molecule has 0 saturated carbocycles. The minimum atomic E-state index is -2.76. The van der Waals surface area contributed by atoms with Gasteiger partial charge in [0.2, 0.25) is 11.2 Å². The maximum Gasteiger partial charge on any atom is 0.313 e. The lowest BCUT2D eigenvalue weighted by molar-refractivity contribution is 0.326. The summed E-state index contributed by atoms with van der Waals surface area (Å²) in [5, 5.41) is 0.129. The SMILES string of the molecule is CCCSP(=O)(OCC)SCc1cc(OCC)nc(Cl)n1. The van der Waals surface area contributed by atoms with E-state index in [-0.39, 0.29) is 5.28 Å². The number of aromatic nitrogens is 2. The first-order valence-electron chi connectivity index (χ1n) is 6.72. The van der Waals surface area contributed by atoms with Crippen LogP contribution in [0.4, 0.5) is 0 Å². The summed E-state index contributed by atoms with van der Waals surface area (Å²) in [6.45, 7) is 6.69. The molecule has 0 aliphatic heterocycles. The lowest BCUT2D eigenvalue weighted by Gasteiger charge is -2.15. The van der Waals surface area contributed by atoms with Gasteiger partial charge in [0, 0.05) is 17.6 Å². The third-order valence-electron chi connectivity index (χ3n) is 2.13. The van der Waals surface area contributed by atoms with Crippen molar-refractivity contribution in [1.29, 1.82) is 0 Å². The summed E-state index contributed by atoms with van der Waals surface area (Å²) in [6, 6.07) is 1.71. The molecular weight excluding hydrogens is 351 g/mol. The average Bonchev–Trinajstić information content (AvgIpc) is 2.43. The normalized spacial score (nSPS) is 13.9. The van der Waals surface area contributed by atoms with Crippen LogP contribution < -0.4 is 4.74 Å². The zero-order valence-corrected chi connectivity index (χ0v) is 15.7. The first kappa shape index (κ1) is 19.1. The summed E-state index contributed by atoms with van der Waals surface area (Å²) in [5.41, 5.74) is 0.681. The number of hydrogen-bond acceptors (Lipinski definition) is 7. The Kier molecular flexibility index (Phi) is 9.06. The van der Waals surface area contributed by atoms with Crippen molar-refractivity contribution in [3.63, 3.8) is 0 Å². The van der Waals surface area contributed by atoms with Gasteiger partial charge in [-0.2, -0.15) is 4.98 Å². The van der Waals surface area contributed by atoms with Crippen LogP contribution in [0, 0.1) is 0 Å². The van der Waals surface area contributed by atoms with Gasteiger partial charge in [0.25, 0.3) is 0 Å². The van der Waals surface area contributed by atoms with Crippen molar-refractivity contribution in [3.8, 4) is 5.88 Å². The largest absolute Gasteiger partial charge is 0.478 e. The van der Waals surface area contributed by atoms with Crippen LogP contribution in [0.3, 0.4) is 0 Å². The minimum Gasteiger partial charge on any atom is -0.478 e. The molecule has 1 unspecified atom stereocenters. The number of halogens is 1. The maximum absolute atomic E-state index is 12.6. The fourth-order valence-corrected chi connectivity index (χ4v) is 8.14. The van der Waals surface area contributed by atoms with Crippen molar-refractivity contribution in [3.05, 3.63) is 17.0 Å². The number of ether oxygens (including phenoxy) is 1. The molecule has 120 valence electrons. The van der Waals surface area contributed by atoms with Gasteiger partial charge in [-0.15, -0.1) is 0 Å². The first-order chi connectivity index (χ1) is 10.0. The van der Waals surface area contributed by atoms with Crippen molar-refractivity contribution >= 4 is 40.1 Å². The first-order valence-corrected chi connectivity index (χ1v) is 11.9. The summed E-state index contributed by atoms with van der Waals surface area (Å²) in [6.07, 6.45) is 0.954. The molecule has 1 heterocycles. The van der Waals surface area contributed by atoms with Crippen molar-refractivity contribution in [2.24, 2.45) is 0 Å². The molecule has 1 rings (SSSR count). The highest BCUT2D eigenvalue weighted by molar-refractivity contribution is 8.89. The fourth-order valence-electron chi connectivity index (χ4n) is 1.36. The van der Waals surface area contributed by atoms with Crippen LogP contribution in [0.25, 0.3) is 0 Å². The summed E-state index contributed by atoms with van der Waals surface area (Å²) < 4.78 is 23.4. The summed E-state index contributed by atoms with van der Waals surface area (Å²) in [7, 11) is 0. The van der Waals surface area contributed by atoms with E-state index in [1.807, 2.05) is 20.8 Å². The molecular formula is C12H20ClN2O3PS2. The molecule has 0 N–H and O–H groups in total. The van der Waals surface area contributed by atoms with Crippen LogP contribution >= 0.6 is 40.1 Å². The summed E-state index contributed by atoms with van der Waals surface area (Å²) >= 11 is 8.51. The molecule has 1 aromatic rings. The lowest BCUT2D eigenvalue weighted by Crippen LogP contribution is -1.98. The topological polar surface area (TPSA) is 61.3 Å². The van der Waals surface area contributed by atoms with Crippen molar-refractivity contribution in [1.82, 2.24) is 9.97 Å². The van der Waals surface area contributed by atoms with Gasteiger partial charge in [0.15, 0.2) is 0 Å². The monoisotopic (exact) mass is 370 g/mol. The van der Waals surface area contributed by atoms with Crippen molar-refractivity contribution < 1.29 is 13.8 Å². The number of nitrogens with zero attached hydrogens (tertiary/aromatic N) is 2. The molecule has 0 aliphatic carbocycles. The van der Waals surface area contributed by atoms with Crippen LogP contribution in [0.5, 0.6) is 5.88 Å². The van der Waals surface area contributed by atoms with Crippen molar-refractivity contribution in [2.45, 2.75) is 32.9 Å². The van der Waals surface area contributed by atoms with E-state index in [0.717, 1.165) is 12.2 Å². The Balaban J connectivity index is 2.72. The molecule has 21 heavy (non-hydrogen) atoms. The fraction of sp³-hybridized carbons (Fsp3) is 0.667. The van der Waals surface area contributed by atoms with Gasteiger partial charge in [0.1, 0.15) is 0 Å². The van der Waals surface area contributed by atoms with Gasteiger partial charge in [0.05, 0.1) is 18.9 Å². The Morgan fingerprint density at radius 3 is 2.62 bits per heavy atom. The minimum absolute atomic E-state index is 0.129. The third-order valence-corrected chi connectivity index (χ3v) is 9.89. The second-order valence-corrected chi connectivity index (χ2v) is 11.7. The second kappa shape index (κ2) is 9.95. The van der Waals surface area contributed by atoms with E-state index in [4.69, 9.17) is 20.9 Å². The van der Waals surface area contributed by atoms with Crippen LogP contribution in [-0.4, -0.2) is 28.9 Å². The van der Waals surface area contributed by atoms with Gasteiger partial charge in [-0.1, -0.05) is 29.7 Å². The molecule has 0 aromatic carbocycles. The number of hydrogen-bond donors (Lipinski definition) is 0. The van der Waals surface area contributed by atoms with Gasteiger partial charge >= 0.3 is 5.77 Å². The lowest BCUT2D eigenvalue weighted by atomic mass is 10.4. The molecule has 0 bridgehead atoms. The molecule has 0 spiro atoms. The molecule has 1 atom stereocenters. The highest BCUT2D eigenvalue weighted by Gasteiger charge is 2.24. The summed E-state index contributed by atoms with van der Waals surface area (Å²) in [4.78, 5) is 8.10. The highest BCUT2D eigenvalue weighted by Crippen LogP contribution is 2.70.